The lowest BCUT2D eigenvalue weighted by molar-refractivity contribution is -0.332. The zero-order valence-corrected chi connectivity index (χ0v) is 37.2. The van der Waals surface area contributed by atoms with E-state index in [9.17, 15) is 45.3 Å². The third-order valence-corrected chi connectivity index (χ3v) is 9.69. The Balaban J connectivity index is 1.93. The molecule has 2 rings (SSSR count). The Hall–Kier alpha value is -4.10. The molecule has 2 aliphatic heterocycles. The molecule has 5 unspecified atom stereocenters. The lowest BCUT2D eigenvalue weighted by atomic mass is 9.98. The van der Waals surface area contributed by atoms with E-state index in [2.05, 4.69) is 32.1 Å². The first-order valence-corrected chi connectivity index (χ1v) is 22.3. The molecule has 0 amide bonds. The van der Waals surface area contributed by atoms with Gasteiger partial charge in [-0.3, -0.25) is 9.59 Å². The van der Waals surface area contributed by atoms with Crippen LogP contribution in [0, 0.1) is 0 Å². The minimum absolute atomic E-state index is 0.0501. The van der Waals surface area contributed by atoms with Crippen molar-refractivity contribution in [3.8, 4) is 0 Å². The molecule has 358 valence electrons. The second-order valence-electron chi connectivity index (χ2n) is 15.0. The molecule has 0 aromatic rings. The number of aliphatic hydroxyl groups is 7. The van der Waals surface area contributed by atoms with Gasteiger partial charge < -0.3 is 64.2 Å². The van der Waals surface area contributed by atoms with E-state index >= 15 is 0 Å². The number of unbranched alkanes of at least 4 members (excludes halogenated alkanes) is 4. The number of aliphatic hydroxyl groups excluding tert-OH is 7. The van der Waals surface area contributed by atoms with Crippen LogP contribution in [0.15, 0.2) is 122 Å². The number of hydrogen-bond donors (Lipinski definition) is 7. The summed E-state index contributed by atoms with van der Waals surface area (Å²) in [6.45, 7) is 2.11. The van der Waals surface area contributed by atoms with Gasteiger partial charge in [0.25, 0.3) is 0 Å². The Kier molecular flexibility index (Phi) is 30.8. The largest absolute Gasteiger partial charge is 0.462 e. The number of hydrogen-bond acceptors (Lipinski definition) is 15. The average molecular weight is 901 g/mol. The number of esters is 2. The van der Waals surface area contributed by atoms with E-state index in [1.807, 2.05) is 103 Å². The van der Waals surface area contributed by atoms with Crippen molar-refractivity contribution in [2.75, 3.05) is 26.4 Å². The predicted molar refractivity (Wildman–Crippen MR) is 242 cm³/mol. The van der Waals surface area contributed by atoms with Crippen molar-refractivity contribution in [2.24, 2.45) is 0 Å². The van der Waals surface area contributed by atoms with Crippen LogP contribution in [0.5, 0.6) is 0 Å². The van der Waals surface area contributed by atoms with Gasteiger partial charge in [-0.25, -0.2) is 0 Å². The van der Waals surface area contributed by atoms with E-state index in [0.717, 1.165) is 32.1 Å². The standard InChI is InChI=1S/C49H72O15/c1-3-5-7-9-11-13-15-17-18-20-21-23-25-27-29-31-40(51)59-34-37(62-41(52)32-30-28-26-24-22-19-16-14-12-10-8-6-4-2)35-60-48-47(58)45(56)43(54)39(64-48)36-61-49-46(57)44(55)42(53)38(33-50)63-49/h5-22,24,26,37-39,42-50,53-58H,3-4,23,25,27-36H2,1-2H3/b7-5+,8-6+,11-9+,12-10+,15-13+,16-14+,18-17+,21-20+,22-19+,26-24+/t37?,38-,39-,42+,43+,44?,45?,46?,47?,48-,49-/m1/s1. The first-order valence-electron chi connectivity index (χ1n) is 22.3. The zero-order chi connectivity index (χ0) is 46.8. The van der Waals surface area contributed by atoms with Gasteiger partial charge in [-0.2, -0.15) is 0 Å². The van der Waals surface area contributed by atoms with Gasteiger partial charge in [-0.1, -0.05) is 142 Å². The maximum Gasteiger partial charge on any atom is 0.306 e. The maximum atomic E-state index is 12.9. The van der Waals surface area contributed by atoms with Gasteiger partial charge >= 0.3 is 11.9 Å². The Morgan fingerprint density at radius 2 is 0.953 bits per heavy atom. The molecule has 2 heterocycles. The van der Waals surface area contributed by atoms with Crippen LogP contribution in [-0.2, 0) is 38.0 Å². The Bertz CT molecular complexity index is 1570. The number of rotatable bonds is 30. The summed E-state index contributed by atoms with van der Waals surface area (Å²) >= 11 is 0. The summed E-state index contributed by atoms with van der Waals surface area (Å²) in [5, 5.41) is 71.8. The van der Waals surface area contributed by atoms with Crippen LogP contribution in [0.1, 0.15) is 78.1 Å². The first-order chi connectivity index (χ1) is 31.0. The van der Waals surface area contributed by atoms with Crippen molar-refractivity contribution >= 4 is 11.9 Å². The molecule has 0 aromatic heterocycles. The molecule has 64 heavy (non-hydrogen) atoms. The molecule has 0 bridgehead atoms. The highest BCUT2D eigenvalue weighted by Gasteiger charge is 2.47. The van der Waals surface area contributed by atoms with Crippen LogP contribution in [0.2, 0.25) is 0 Å². The maximum absolute atomic E-state index is 12.9. The average Bonchev–Trinajstić information content (AvgIpc) is 3.29. The molecule has 7 N–H and O–H groups in total. The normalized spacial score (nSPS) is 27.8. The lowest BCUT2D eigenvalue weighted by Gasteiger charge is -2.42. The highest BCUT2D eigenvalue weighted by atomic mass is 16.7. The highest BCUT2D eigenvalue weighted by Crippen LogP contribution is 2.26. The number of carbonyl (C=O) groups excluding carboxylic acids is 2. The topological polar surface area (TPSA) is 231 Å². The molecule has 0 aliphatic carbocycles. The van der Waals surface area contributed by atoms with E-state index in [0.29, 0.717) is 19.3 Å². The molecule has 15 nitrogen and oxygen atoms in total. The quantitative estimate of drug-likeness (QED) is 0.0297. The fourth-order valence-corrected chi connectivity index (χ4v) is 6.03. The molecule has 2 saturated heterocycles. The van der Waals surface area contributed by atoms with Crippen LogP contribution < -0.4 is 0 Å². The van der Waals surface area contributed by atoms with Gasteiger partial charge in [0.1, 0.15) is 55.4 Å². The lowest BCUT2D eigenvalue weighted by Crippen LogP contribution is -2.61. The number of ether oxygens (including phenoxy) is 6. The molecule has 0 radical (unpaired) electrons. The molecule has 11 atom stereocenters. The molecule has 0 spiro atoms. The van der Waals surface area contributed by atoms with Gasteiger partial charge in [0, 0.05) is 12.8 Å². The third kappa shape index (κ3) is 23.7. The molecule has 2 aliphatic rings. The SMILES string of the molecule is CC/C=C/C=C/C=C/C=C/C=C/CCCCCC(=O)OCC(CO[C@@H]1O[C@H](CO[C@@H]2O[C@H](CO)[C@H](O)C(O)C2O)[C@H](O)C(O)C1O)OC(=O)CCC/C=C/C=C/C=C/C=C/C=C/CC. The summed E-state index contributed by atoms with van der Waals surface area (Å²) in [6, 6.07) is 0. The van der Waals surface area contributed by atoms with E-state index in [-0.39, 0.29) is 19.4 Å². The van der Waals surface area contributed by atoms with E-state index in [4.69, 9.17) is 28.4 Å². The van der Waals surface area contributed by atoms with Gasteiger partial charge in [0.15, 0.2) is 18.7 Å². The van der Waals surface area contributed by atoms with Crippen molar-refractivity contribution in [2.45, 2.75) is 146 Å². The second kappa shape index (κ2) is 35.2. The monoisotopic (exact) mass is 900 g/mol. The fourth-order valence-electron chi connectivity index (χ4n) is 6.03. The smallest absolute Gasteiger partial charge is 0.306 e. The van der Waals surface area contributed by atoms with Crippen molar-refractivity contribution in [1.29, 1.82) is 0 Å². The molecular formula is C49H72O15. The summed E-state index contributed by atoms with van der Waals surface area (Å²) < 4.78 is 33.3. The van der Waals surface area contributed by atoms with E-state index in [1.165, 1.54) is 0 Å². The van der Waals surface area contributed by atoms with E-state index < -0.39 is 99.3 Å². The van der Waals surface area contributed by atoms with Gasteiger partial charge in [-0.15, -0.1) is 0 Å². The van der Waals surface area contributed by atoms with Crippen LogP contribution in [0.4, 0.5) is 0 Å². The molecule has 0 aromatic carbocycles. The number of carbonyl (C=O) groups is 2. The summed E-state index contributed by atoms with van der Waals surface area (Å²) in [5.41, 5.74) is 0. The van der Waals surface area contributed by atoms with Crippen LogP contribution in [-0.4, -0.2) is 142 Å². The van der Waals surface area contributed by atoms with Crippen molar-refractivity contribution in [3.05, 3.63) is 122 Å². The van der Waals surface area contributed by atoms with Crippen LogP contribution in [0.3, 0.4) is 0 Å². The van der Waals surface area contributed by atoms with Crippen molar-refractivity contribution in [3.63, 3.8) is 0 Å². The van der Waals surface area contributed by atoms with Gasteiger partial charge in [-0.05, 0) is 44.9 Å². The molecule has 15 heteroatoms. The Morgan fingerprint density at radius 1 is 0.500 bits per heavy atom. The predicted octanol–water partition coefficient (Wildman–Crippen LogP) is 4.58. The summed E-state index contributed by atoms with van der Waals surface area (Å²) in [5.74, 6) is -1.08. The molecular weight excluding hydrogens is 829 g/mol. The minimum Gasteiger partial charge on any atom is -0.462 e. The van der Waals surface area contributed by atoms with Crippen molar-refractivity contribution < 1.29 is 73.8 Å². The first kappa shape index (κ1) is 56.0. The zero-order valence-electron chi connectivity index (χ0n) is 37.2. The Labute approximate surface area is 378 Å². The highest BCUT2D eigenvalue weighted by molar-refractivity contribution is 5.70. The van der Waals surface area contributed by atoms with Crippen molar-refractivity contribution in [1.82, 2.24) is 0 Å². The number of allylic oxidation sites excluding steroid dienone is 20. The fraction of sp³-hybridized carbons (Fsp3) is 0.551. The second-order valence-corrected chi connectivity index (χ2v) is 15.0. The van der Waals surface area contributed by atoms with E-state index in [1.54, 1.807) is 0 Å². The molecule has 0 saturated carbocycles. The van der Waals surface area contributed by atoms with Crippen LogP contribution >= 0.6 is 0 Å². The Morgan fingerprint density at radius 3 is 1.48 bits per heavy atom. The van der Waals surface area contributed by atoms with Crippen LogP contribution in [0.25, 0.3) is 0 Å². The summed E-state index contributed by atoms with van der Waals surface area (Å²) in [6.07, 6.45) is 28.3. The third-order valence-electron chi connectivity index (χ3n) is 9.69. The van der Waals surface area contributed by atoms with Gasteiger partial charge in [0.05, 0.1) is 19.8 Å². The summed E-state index contributed by atoms with van der Waals surface area (Å²) in [4.78, 5) is 25.6. The molecule has 2 fully saturated rings. The van der Waals surface area contributed by atoms with Gasteiger partial charge in [0.2, 0.25) is 0 Å². The summed E-state index contributed by atoms with van der Waals surface area (Å²) in [7, 11) is 0. The minimum atomic E-state index is -1.79.